The Kier molecular flexibility index (Phi) is 5.68. The number of Topliss-reactive ketones (excluding diaryl/α,β-unsaturated/α-hetero) is 1. The number of carbonyl (C=O) groups excluding carboxylic acids is 4. The average Bonchev–Trinajstić information content (AvgIpc) is 2.51. The molecule has 1 aliphatic rings. The number of ketones is 1. The van der Waals surface area contributed by atoms with E-state index < -0.39 is 23.8 Å². The number of primary amides is 1. The lowest BCUT2D eigenvalue weighted by Crippen LogP contribution is -2.50. The summed E-state index contributed by atoms with van der Waals surface area (Å²) in [6.45, 7) is 1.26. The van der Waals surface area contributed by atoms with Gasteiger partial charge in [-0.25, -0.2) is 0 Å². The topological polar surface area (TPSA) is 116 Å². The highest BCUT2D eigenvalue weighted by Gasteiger charge is 2.32. The molecule has 0 heterocycles. The van der Waals surface area contributed by atoms with Gasteiger partial charge in [0.15, 0.2) is 0 Å². The van der Waals surface area contributed by atoms with Crippen LogP contribution in [0.4, 0.5) is 0 Å². The highest BCUT2D eigenvalue weighted by atomic mass is 16.5. The van der Waals surface area contributed by atoms with Gasteiger partial charge in [-0.15, -0.1) is 0 Å². The van der Waals surface area contributed by atoms with E-state index >= 15 is 0 Å². The molecule has 1 aromatic carbocycles. The van der Waals surface area contributed by atoms with Crippen molar-refractivity contribution in [1.29, 1.82) is 0 Å². The van der Waals surface area contributed by atoms with E-state index in [0.717, 1.165) is 0 Å². The molecule has 0 bridgehead atoms. The summed E-state index contributed by atoms with van der Waals surface area (Å²) in [5.41, 5.74) is 5.64. The molecule has 1 fully saturated rings. The number of nitrogens with two attached hydrogens (primary N) is 1. The molecular weight excluding hydrogens is 312 g/mol. The third-order valence-electron chi connectivity index (χ3n) is 3.94. The van der Waals surface area contributed by atoms with Gasteiger partial charge in [-0.3, -0.25) is 19.2 Å². The number of esters is 1. The number of ether oxygens (including phenoxy) is 1. The minimum Gasteiger partial charge on any atom is -0.427 e. The normalized spacial score (nSPS) is 18.5. The molecule has 0 radical (unpaired) electrons. The molecule has 24 heavy (non-hydrogen) atoms. The van der Waals surface area contributed by atoms with E-state index in [4.69, 9.17) is 10.5 Å². The lowest BCUT2D eigenvalue weighted by atomic mass is 9.82. The van der Waals surface area contributed by atoms with Crippen LogP contribution in [-0.2, 0) is 14.4 Å². The van der Waals surface area contributed by atoms with Crippen molar-refractivity contribution < 1.29 is 23.9 Å². The first kappa shape index (κ1) is 17.7. The summed E-state index contributed by atoms with van der Waals surface area (Å²) in [6.07, 6.45) is 2.08. The molecule has 0 saturated heterocycles. The zero-order valence-corrected chi connectivity index (χ0v) is 13.4. The van der Waals surface area contributed by atoms with Gasteiger partial charge in [-0.1, -0.05) is 6.07 Å². The monoisotopic (exact) mass is 332 g/mol. The Hall–Kier alpha value is -2.70. The van der Waals surface area contributed by atoms with E-state index in [1.165, 1.54) is 19.1 Å². The molecule has 2 rings (SSSR count). The highest BCUT2D eigenvalue weighted by Crippen LogP contribution is 2.25. The van der Waals surface area contributed by atoms with Gasteiger partial charge in [-0.2, -0.15) is 0 Å². The second kappa shape index (κ2) is 7.72. The summed E-state index contributed by atoms with van der Waals surface area (Å²) >= 11 is 0. The Bertz CT molecular complexity index is 671. The molecule has 7 nitrogen and oxygen atoms in total. The Morgan fingerprint density at radius 1 is 1.33 bits per heavy atom. The molecule has 2 atom stereocenters. The zero-order chi connectivity index (χ0) is 17.7. The summed E-state index contributed by atoms with van der Waals surface area (Å²) in [4.78, 5) is 46.7. The van der Waals surface area contributed by atoms with Crippen molar-refractivity contribution in [2.45, 2.75) is 38.6 Å². The van der Waals surface area contributed by atoms with Crippen molar-refractivity contribution in [3.63, 3.8) is 0 Å². The molecule has 1 saturated carbocycles. The first-order chi connectivity index (χ1) is 11.4. The van der Waals surface area contributed by atoms with Crippen LogP contribution in [0, 0.1) is 5.92 Å². The van der Waals surface area contributed by atoms with Gasteiger partial charge in [0, 0.05) is 25.3 Å². The predicted molar refractivity (Wildman–Crippen MR) is 85.2 cm³/mol. The Labute approximate surface area is 139 Å². The first-order valence-corrected chi connectivity index (χ1v) is 7.77. The third-order valence-corrected chi connectivity index (χ3v) is 3.94. The maximum absolute atomic E-state index is 12.4. The molecule has 0 aromatic heterocycles. The van der Waals surface area contributed by atoms with Crippen LogP contribution >= 0.6 is 0 Å². The summed E-state index contributed by atoms with van der Waals surface area (Å²) in [7, 11) is 0. The first-order valence-electron chi connectivity index (χ1n) is 7.77. The summed E-state index contributed by atoms with van der Waals surface area (Å²) < 4.78 is 4.93. The molecule has 7 heteroatoms. The van der Waals surface area contributed by atoms with Crippen LogP contribution in [0.25, 0.3) is 0 Å². The molecule has 1 aromatic rings. The van der Waals surface area contributed by atoms with E-state index in [-0.39, 0.29) is 29.4 Å². The molecule has 2 amide bonds. The van der Waals surface area contributed by atoms with Crippen molar-refractivity contribution in [2.75, 3.05) is 0 Å². The van der Waals surface area contributed by atoms with Gasteiger partial charge < -0.3 is 15.8 Å². The molecule has 128 valence electrons. The lowest BCUT2D eigenvalue weighted by molar-refractivity contribution is -0.132. The van der Waals surface area contributed by atoms with Gasteiger partial charge in [0.2, 0.25) is 5.91 Å². The van der Waals surface area contributed by atoms with Crippen molar-refractivity contribution in [3.05, 3.63) is 29.8 Å². The molecule has 0 aliphatic heterocycles. The number of hydrogen-bond acceptors (Lipinski definition) is 5. The Morgan fingerprint density at radius 2 is 2.08 bits per heavy atom. The van der Waals surface area contributed by atoms with Crippen LogP contribution in [0.15, 0.2) is 24.3 Å². The maximum Gasteiger partial charge on any atom is 0.308 e. The number of nitrogens with one attached hydrogen (secondary N) is 1. The fraction of sp³-hybridized carbons (Fsp3) is 0.412. The minimum absolute atomic E-state index is 0.0728. The zero-order valence-electron chi connectivity index (χ0n) is 13.4. The van der Waals surface area contributed by atoms with Crippen LogP contribution in [0.2, 0.25) is 0 Å². The Morgan fingerprint density at radius 3 is 2.71 bits per heavy atom. The van der Waals surface area contributed by atoms with Crippen LogP contribution in [0.3, 0.4) is 0 Å². The quantitative estimate of drug-likeness (QED) is 0.615. The predicted octanol–water partition coefficient (Wildman–Crippen LogP) is 0.955. The molecule has 1 aliphatic carbocycles. The minimum atomic E-state index is -0.904. The number of hydrogen-bond donors (Lipinski definition) is 2. The summed E-state index contributed by atoms with van der Waals surface area (Å²) in [5, 5.41) is 2.60. The molecule has 0 spiro atoms. The van der Waals surface area contributed by atoms with E-state index in [9.17, 15) is 19.2 Å². The number of benzene rings is 1. The van der Waals surface area contributed by atoms with E-state index in [1.54, 1.807) is 12.1 Å². The lowest BCUT2D eigenvalue weighted by Gasteiger charge is -2.28. The largest absolute Gasteiger partial charge is 0.427 e. The molecule has 0 unspecified atom stereocenters. The number of amides is 2. The Balaban J connectivity index is 2.11. The van der Waals surface area contributed by atoms with E-state index in [0.29, 0.717) is 19.3 Å². The smallest absolute Gasteiger partial charge is 0.308 e. The van der Waals surface area contributed by atoms with Gasteiger partial charge in [0.1, 0.15) is 17.6 Å². The van der Waals surface area contributed by atoms with Crippen molar-refractivity contribution >= 4 is 23.6 Å². The maximum atomic E-state index is 12.4. The van der Waals surface area contributed by atoms with Crippen molar-refractivity contribution in [2.24, 2.45) is 11.7 Å². The van der Waals surface area contributed by atoms with Gasteiger partial charge >= 0.3 is 5.97 Å². The van der Waals surface area contributed by atoms with Crippen LogP contribution in [0.1, 0.15) is 43.0 Å². The van der Waals surface area contributed by atoms with Crippen molar-refractivity contribution in [3.8, 4) is 5.75 Å². The number of carbonyl (C=O) groups is 4. The molecule has 3 N–H and O–H groups in total. The SMILES string of the molecule is CC(=O)Oc1cccc(C(=O)N[C@@H](C(N)=O)[C@@H]2CCCC(=O)C2)c1. The molecular formula is C17H20N2O5. The van der Waals surface area contributed by atoms with Crippen LogP contribution in [-0.4, -0.2) is 29.6 Å². The van der Waals surface area contributed by atoms with E-state index in [2.05, 4.69) is 5.32 Å². The van der Waals surface area contributed by atoms with Crippen molar-refractivity contribution in [1.82, 2.24) is 5.32 Å². The average molecular weight is 332 g/mol. The highest BCUT2D eigenvalue weighted by molar-refractivity contribution is 5.98. The van der Waals surface area contributed by atoms with Gasteiger partial charge in [0.25, 0.3) is 5.91 Å². The van der Waals surface area contributed by atoms with E-state index in [1.807, 2.05) is 0 Å². The van der Waals surface area contributed by atoms with Crippen LogP contribution < -0.4 is 15.8 Å². The fourth-order valence-electron chi connectivity index (χ4n) is 2.86. The standard InChI is InChI=1S/C17H20N2O5/c1-10(20)24-14-7-3-5-12(9-14)17(23)19-15(16(18)22)11-4-2-6-13(21)8-11/h3,5,7,9,11,15H,2,4,6,8H2,1H3,(H2,18,22)(H,19,23)/t11-,15-/m1/s1. The summed E-state index contributed by atoms with van der Waals surface area (Å²) in [5.74, 6) is -1.65. The van der Waals surface area contributed by atoms with Gasteiger partial charge in [-0.05, 0) is 37.0 Å². The second-order valence-corrected chi connectivity index (χ2v) is 5.87. The fourth-order valence-corrected chi connectivity index (χ4v) is 2.86. The summed E-state index contributed by atoms with van der Waals surface area (Å²) in [6, 6.07) is 5.15. The van der Waals surface area contributed by atoms with Gasteiger partial charge in [0.05, 0.1) is 0 Å². The third kappa shape index (κ3) is 4.65. The number of rotatable bonds is 5. The van der Waals surface area contributed by atoms with Crippen LogP contribution in [0.5, 0.6) is 5.75 Å². The second-order valence-electron chi connectivity index (χ2n) is 5.87.